The molecule has 1 heterocycles. The van der Waals surface area contributed by atoms with Crippen LogP contribution in [0.1, 0.15) is 16.7 Å². The normalized spacial score (nSPS) is 10.4. The second-order valence-electron chi connectivity index (χ2n) is 6.54. The first-order valence-electron chi connectivity index (χ1n) is 9.18. The highest BCUT2D eigenvalue weighted by molar-refractivity contribution is 5.91. The van der Waals surface area contributed by atoms with Gasteiger partial charge < -0.3 is 15.4 Å². The van der Waals surface area contributed by atoms with Crippen molar-refractivity contribution in [3.63, 3.8) is 0 Å². The lowest BCUT2D eigenvalue weighted by Crippen LogP contribution is -2.16. The van der Waals surface area contributed by atoms with Gasteiger partial charge in [0.15, 0.2) is 5.82 Å². The van der Waals surface area contributed by atoms with E-state index in [0.29, 0.717) is 18.1 Å². The average Bonchev–Trinajstić information content (AvgIpc) is 2.71. The van der Waals surface area contributed by atoms with Gasteiger partial charge in [-0.05, 0) is 48.7 Å². The molecule has 0 saturated heterocycles. The van der Waals surface area contributed by atoms with E-state index in [2.05, 4.69) is 20.8 Å². The number of aromatic nitrogens is 2. The van der Waals surface area contributed by atoms with Gasteiger partial charge >= 0.3 is 0 Å². The molecule has 1 amide bonds. The number of amides is 1. The number of carbonyl (C=O) groups is 1. The zero-order valence-corrected chi connectivity index (χ0v) is 16.1. The molecule has 0 bridgehead atoms. The molecule has 1 aromatic heterocycles. The van der Waals surface area contributed by atoms with Crippen LogP contribution in [0.15, 0.2) is 60.7 Å². The van der Waals surface area contributed by atoms with Crippen LogP contribution in [0.25, 0.3) is 0 Å². The lowest BCUT2D eigenvalue weighted by atomic mass is 10.1. The molecule has 0 aliphatic rings. The van der Waals surface area contributed by atoms with Crippen molar-refractivity contribution in [2.75, 3.05) is 24.3 Å². The summed E-state index contributed by atoms with van der Waals surface area (Å²) in [6.07, 6.45) is 1.17. The number of nitrogens with zero attached hydrogens (tertiary/aromatic N) is 2. The lowest BCUT2D eigenvalue weighted by Gasteiger charge is -2.08. The van der Waals surface area contributed by atoms with E-state index in [0.717, 1.165) is 24.3 Å². The first-order chi connectivity index (χ1) is 13.6. The van der Waals surface area contributed by atoms with E-state index in [-0.39, 0.29) is 5.91 Å². The average molecular weight is 376 g/mol. The number of methoxy groups -OCH3 is 1. The molecular formula is C22H24N4O2. The van der Waals surface area contributed by atoms with E-state index in [1.165, 1.54) is 11.1 Å². The molecule has 6 heteroatoms. The standard InChI is InChI=1S/C22H24N4O2/c1-16-3-5-18(6-4-16)15-22(27)24-21-12-11-20(25-26-21)23-14-13-17-7-9-19(28-2)10-8-17/h3-12H,13-15H2,1-2H3,(H,23,25)(H,24,26,27). The SMILES string of the molecule is COc1ccc(CCNc2ccc(NC(=O)Cc3ccc(C)cc3)nn2)cc1. The quantitative estimate of drug-likeness (QED) is 0.628. The number of ether oxygens (including phenoxy) is 1. The molecule has 0 spiro atoms. The molecule has 0 fully saturated rings. The van der Waals surface area contributed by atoms with Crippen LogP contribution in [0.3, 0.4) is 0 Å². The van der Waals surface area contributed by atoms with Gasteiger partial charge in [-0.25, -0.2) is 0 Å². The first kappa shape index (κ1) is 19.4. The highest BCUT2D eigenvalue weighted by Crippen LogP contribution is 2.12. The molecule has 6 nitrogen and oxygen atoms in total. The van der Waals surface area contributed by atoms with Gasteiger partial charge in [0.05, 0.1) is 13.5 Å². The Morgan fingerprint density at radius 1 is 0.893 bits per heavy atom. The van der Waals surface area contributed by atoms with Crippen molar-refractivity contribution < 1.29 is 9.53 Å². The summed E-state index contributed by atoms with van der Waals surface area (Å²) in [7, 11) is 1.66. The van der Waals surface area contributed by atoms with Crippen molar-refractivity contribution in [2.45, 2.75) is 19.8 Å². The molecule has 0 aliphatic heterocycles. The minimum Gasteiger partial charge on any atom is -0.497 e. The molecule has 0 aliphatic carbocycles. The molecule has 0 unspecified atom stereocenters. The summed E-state index contributed by atoms with van der Waals surface area (Å²) >= 11 is 0. The Morgan fingerprint density at radius 3 is 2.18 bits per heavy atom. The summed E-state index contributed by atoms with van der Waals surface area (Å²) in [4.78, 5) is 12.1. The maximum absolute atomic E-state index is 12.1. The van der Waals surface area contributed by atoms with Crippen molar-refractivity contribution in [2.24, 2.45) is 0 Å². The zero-order chi connectivity index (χ0) is 19.8. The van der Waals surface area contributed by atoms with Crippen LogP contribution in [-0.2, 0) is 17.6 Å². The molecule has 2 N–H and O–H groups in total. The number of hydrogen-bond donors (Lipinski definition) is 2. The van der Waals surface area contributed by atoms with Gasteiger partial charge in [0.25, 0.3) is 0 Å². The Kier molecular flexibility index (Phi) is 6.57. The number of aryl methyl sites for hydroxylation is 1. The summed E-state index contributed by atoms with van der Waals surface area (Å²) in [6.45, 7) is 2.76. The first-order valence-corrected chi connectivity index (χ1v) is 9.18. The molecule has 0 radical (unpaired) electrons. The smallest absolute Gasteiger partial charge is 0.229 e. The summed E-state index contributed by atoms with van der Waals surface area (Å²) in [5.74, 6) is 1.85. The zero-order valence-electron chi connectivity index (χ0n) is 16.1. The minimum absolute atomic E-state index is 0.113. The molecule has 28 heavy (non-hydrogen) atoms. The third-order valence-corrected chi connectivity index (χ3v) is 4.30. The van der Waals surface area contributed by atoms with E-state index in [9.17, 15) is 4.79 Å². The van der Waals surface area contributed by atoms with Crippen molar-refractivity contribution in [3.8, 4) is 5.75 Å². The summed E-state index contributed by atoms with van der Waals surface area (Å²) < 4.78 is 5.16. The Bertz CT molecular complexity index is 891. The van der Waals surface area contributed by atoms with Gasteiger partial charge in [-0.15, -0.1) is 10.2 Å². The maximum Gasteiger partial charge on any atom is 0.229 e. The summed E-state index contributed by atoms with van der Waals surface area (Å²) in [6, 6.07) is 19.4. The van der Waals surface area contributed by atoms with Crippen molar-refractivity contribution >= 4 is 17.5 Å². The molecular weight excluding hydrogens is 352 g/mol. The Labute approximate surface area is 165 Å². The fraction of sp³-hybridized carbons (Fsp3) is 0.227. The highest BCUT2D eigenvalue weighted by Gasteiger charge is 2.06. The third kappa shape index (κ3) is 5.81. The number of benzene rings is 2. The van der Waals surface area contributed by atoms with Crippen LogP contribution in [0.5, 0.6) is 5.75 Å². The van der Waals surface area contributed by atoms with Gasteiger partial charge in [-0.1, -0.05) is 42.0 Å². The van der Waals surface area contributed by atoms with Crippen LogP contribution in [0, 0.1) is 6.92 Å². The van der Waals surface area contributed by atoms with E-state index in [4.69, 9.17) is 4.74 Å². The number of rotatable bonds is 8. The minimum atomic E-state index is -0.113. The predicted molar refractivity (Wildman–Crippen MR) is 111 cm³/mol. The van der Waals surface area contributed by atoms with Crippen molar-refractivity contribution in [1.29, 1.82) is 0 Å². The molecule has 144 valence electrons. The topological polar surface area (TPSA) is 76.1 Å². The molecule has 0 saturated carbocycles. The van der Waals surface area contributed by atoms with Crippen molar-refractivity contribution in [1.82, 2.24) is 10.2 Å². The number of hydrogen-bond acceptors (Lipinski definition) is 5. The summed E-state index contributed by atoms with van der Waals surface area (Å²) in [5, 5.41) is 14.2. The number of nitrogens with one attached hydrogen (secondary N) is 2. The van der Waals surface area contributed by atoms with Gasteiger partial charge in [-0.3, -0.25) is 4.79 Å². The predicted octanol–water partition coefficient (Wildman–Crippen LogP) is 3.63. The molecule has 3 rings (SSSR count). The second-order valence-corrected chi connectivity index (χ2v) is 6.54. The van der Waals surface area contributed by atoms with Crippen LogP contribution in [0.4, 0.5) is 11.6 Å². The van der Waals surface area contributed by atoms with Gasteiger partial charge in [0.2, 0.25) is 5.91 Å². The van der Waals surface area contributed by atoms with Crippen LogP contribution < -0.4 is 15.4 Å². The van der Waals surface area contributed by atoms with Crippen LogP contribution >= 0.6 is 0 Å². The van der Waals surface area contributed by atoms with Crippen LogP contribution in [0.2, 0.25) is 0 Å². The van der Waals surface area contributed by atoms with E-state index < -0.39 is 0 Å². The highest BCUT2D eigenvalue weighted by atomic mass is 16.5. The number of anilines is 2. The van der Waals surface area contributed by atoms with E-state index >= 15 is 0 Å². The van der Waals surface area contributed by atoms with E-state index in [1.807, 2.05) is 61.5 Å². The van der Waals surface area contributed by atoms with Gasteiger partial charge in [-0.2, -0.15) is 0 Å². The monoisotopic (exact) mass is 376 g/mol. The lowest BCUT2D eigenvalue weighted by molar-refractivity contribution is -0.115. The van der Waals surface area contributed by atoms with Gasteiger partial charge in [0, 0.05) is 6.54 Å². The Morgan fingerprint density at radius 2 is 1.54 bits per heavy atom. The summed E-state index contributed by atoms with van der Waals surface area (Å²) in [5.41, 5.74) is 3.35. The van der Waals surface area contributed by atoms with Crippen molar-refractivity contribution in [3.05, 3.63) is 77.4 Å². The molecule has 0 atom stereocenters. The Balaban J connectivity index is 1.44. The second kappa shape index (κ2) is 9.50. The molecule has 2 aromatic carbocycles. The number of carbonyl (C=O) groups excluding carboxylic acids is 1. The fourth-order valence-electron chi connectivity index (χ4n) is 2.70. The largest absolute Gasteiger partial charge is 0.497 e. The molecule has 3 aromatic rings. The maximum atomic E-state index is 12.1. The third-order valence-electron chi connectivity index (χ3n) is 4.30. The van der Waals surface area contributed by atoms with E-state index in [1.54, 1.807) is 13.2 Å². The van der Waals surface area contributed by atoms with Gasteiger partial charge in [0.1, 0.15) is 11.6 Å². The Hall–Kier alpha value is -3.41. The van der Waals surface area contributed by atoms with Crippen LogP contribution in [-0.4, -0.2) is 29.8 Å². The fourth-order valence-corrected chi connectivity index (χ4v) is 2.70.